The van der Waals surface area contributed by atoms with E-state index < -0.39 is 0 Å². The highest BCUT2D eigenvalue weighted by atomic mass is 35.5. The Bertz CT molecular complexity index is 1990. The van der Waals surface area contributed by atoms with Gasteiger partial charge in [0, 0.05) is 85.3 Å². The molecular formula is C39H42Cl2N6O4. The Morgan fingerprint density at radius 2 is 1.57 bits per heavy atom. The van der Waals surface area contributed by atoms with Crippen LogP contribution in [-0.2, 0) is 22.6 Å². The highest BCUT2D eigenvalue weighted by molar-refractivity contribution is 6.39. The smallest absolute Gasteiger partial charge is 0.235 e. The summed E-state index contributed by atoms with van der Waals surface area (Å²) < 4.78 is 11.5. The second-order valence-corrected chi connectivity index (χ2v) is 14.8. The molecule has 51 heavy (non-hydrogen) atoms. The van der Waals surface area contributed by atoms with E-state index in [4.69, 9.17) is 47.6 Å². The van der Waals surface area contributed by atoms with Crippen LogP contribution in [0.15, 0.2) is 48.7 Å². The van der Waals surface area contributed by atoms with E-state index in [1.54, 1.807) is 27.3 Å². The molecule has 2 aromatic heterocycles. The molecule has 3 saturated heterocycles. The zero-order valence-corrected chi connectivity index (χ0v) is 30.9. The molecule has 4 aromatic rings. The maximum absolute atomic E-state index is 11.7. The van der Waals surface area contributed by atoms with Crippen LogP contribution in [0, 0.1) is 12.3 Å². The molecule has 10 nitrogen and oxygen atoms in total. The molecule has 0 saturated carbocycles. The molecule has 2 aromatic carbocycles. The van der Waals surface area contributed by atoms with Crippen LogP contribution in [-0.4, -0.2) is 83.0 Å². The summed E-state index contributed by atoms with van der Waals surface area (Å²) in [6.45, 7) is 8.04. The Hall–Kier alpha value is -4.25. The van der Waals surface area contributed by atoms with Crippen molar-refractivity contribution >= 4 is 35.0 Å². The quantitative estimate of drug-likeness (QED) is 0.180. The predicted molar refractivity (Wildman–Crippen MR) is 198 cm³/mol. The van der Waals surface area contributed by atoms with E-state index in [2.05, 4.69) is 23.2 Å². The number of aryl methyl sites for hydroxylation is 2. The van der Waals surface area contributed by atoms with Crippen molar-refractivity contribution in [2.45, 2.75) is 58.5 Å². The summed E-state index contributed by atoms with van der Waals surface area (Å²) in [7, 11) is 3.24. The normalized spacial score (nSPS) is 18.0. The molecule has 1 atom stereocenters. The third-order valence-electron chi connectivity index (χ3n) is 10.4. The van der Waals surface area contributed by atoms with E-state index in [1.807, 2.05) is 41.3 Å². The zero-order chi connectivity index (χ0) is 35.9. The summed E-state index contributed by atoms with van der Waals surface area (Å²) in [6, 6.07) is 13.9. The second-order valence-electron chi connectivity index (χ2n) is 14.1. The predicted octanol–water partition coefficient (Wildman–Crippen LogP) is 6.77. The van der Waals surface area contributed by atoms with Gasteiger partial charge in [-0.05, 0) is 44.2 Å². The summed E-state index contributed by atoms with van der Waals surface area (Å²) in [6.07, 6.45) is 5.65. The molecule has 1 N–H and O–H groups in total. The summed E-state index contributed by atoms with van der Waals surface area (Å²) in [5.41, 5.74) is 7.43. The van der Waals surface area contributed by atoms with Crippen LogP contribution in [0.1, 0.15) is 49.4 Å². The Kier molecular flexibility index (Phi) is 9.93. The van der Waals surface area contributed by atoms with Crippen LogP contribution in [0.3, 0.4) is 0 Å². The van der Waals surface area contributed by atoms with Gasteiger partial charge in [-0.25, -0.2) is 9.97 Å². The van der Waals surface area contributed by atoms with Gasteiger partial charge >= 0.3 is 0 Å². The Morgan fingerprint density at radius 1 is 0.941 bits per heavy atom. The highest BCUT2D eigenvalue weighted by Gasteiger charge is 2.52. The number of nitrogens with one attached hydrogen (secondary N) is 1. The van der Waals surface area contributed by atoms with E-state index >= 15 is 0 Å². The standard InChI is InChI=1S/C39H42Cl2N6O4/c1-23-16-32(44-37(50-3)30(23)18-46-19-39(20-46)21-47(22-39)24(2)48)28-11-6-9-26(35(28)40)27-10-7-12-29(36(27)41)33-17-42-31(38(45-33)51-4)13-5-8-25-14-15-34(49)43-25/h6-7,9-12,16-17,25H,5,8,13-15,18-22H2,1-4H3,(H,43,49)/t25-/m1/s1. The first-order chi connectivity index (χ1) is 24.6. The van der Waals surface area contributed by atoms with Crippen LogP contribution < -0.4 is 14.8 Å². The average molecular weight is 730 g/mol. The monoisotopic (exact) mass is 728 g/mol. The first-order valence-corrected chi connectivity index (χ1v) is 18.1. The van der Waals surface area contributed by atoms with E-state index in [1.165, 1.54) is 0 Å². The summed E-state index contributed by atoms with van der Waals surface area (Å²) in [5.74, 6) is 1.31. The van der Waals surface area contributed by atoms with Crippen LogP contribution in [0.25, 0.3) is 33.6 Å². The van der Waals surface area contributed by atoms with Crippen molar-refractivity contribution in [1.29, 1.82) is 0 Å². The maximum Gasteiger partial charge on any atom is 0.235 e. The van der Waals surface area contributed by atoms with Gasteiger partial charge in [0.2, 0.25) is 23.6 Å². The number of pyridine rings is 1. The summed E-state index contributed by atoms with van der Waals surface area (Å²) in [4.78, 5) is 41.9. The number of nitrogens with zero attached hydrogens (tertiary/aromatic N) is 5. The van der Waals surface area contributed by atoms with Crippen molar-refractivity contribution in [3.05, 3.63) is 75.5 Å². The van der Waals surface area contributed by atoms with Crippen molar-refractivity contribution in [2.75, 3.05) is 40.4 Å². The van der Waals surface area contributed by atoms with Gasteiger partial charge in [0.15, 0.2) is 0 Å². The molecule has 2 amide bonds. The number of amides is 2. The number of halogens is 2. The molecule has 0 bridgehead atoms. The van der Waals surface area contributed by atoms with Gasteiger partial charge in [0.25, 0.3) is 0 Å². The number of rotatable bonds is 11. The van der Waals surface area contributed by atoms with Crippen molar-refractivity contribution in [3.8, 4) is 45.4 Å². The van der Waals surface area contributed by atoms with E-state index in [0.29, 0.717) is 51.6 Å². The first-order valence-electron chi connectivity index (χ1n) is 17.4. The number of carbonyl (C=O) groups excluding carboxylic acids is 2. The first kappa shape index (κ1) is 35.2. The SMILES string of the molecule is COc1nc(-c2cccc(-c3cccc(-c4cc(C)c(CN5CC6(C5)CN(C(C)=O)C6)c(OC)n4)c3Cl)c2Cl)cnc1CCC[C@@H]1CCC(=O)N1. The fourth-order valence-electron chi connectivity index (χ4n) is 7.74. The number of aromatic nitrogens is 3. The van der Waals surface area contributed by atoms with Crippen LogP contribution >= 0.6 is 23.2 Å². The number of benzene rings is 2. The molecule has 12 heteroatoms. The Balaban J connectivity index is 1.10. The summed E-state index contributed by atoms with van der Waals surface area (Å²) in [5, 5.41) is 4.05. The van der Waals surface area contributed by atoms with E-state index in [9.17, 15) is 9.59 Å². The summed E-state index contributed by atoms with van der Waals surface area (Å²) >= 11 is 14.3. The number of ether oxygens (including phenoxy) is 2. The van der Waals surface area contributed by atoms with Crippen molar-refractivity contribution in [1.82, 2.24) is 30.1 Å². The lowest BCUT2D eigenvalue weighted by atomic mass is 9.72. The molecule has 3 aliphatic heterocycles. The molecule has 1 spiro atoms. The molecule has 0 aliphatic carbocycles. The van der Waals surface area contributed by atoms with Crippen molar-refractivity contribution in [2.24, 2.45) is 5.41 Å². The average Bonchev–Trinajstić information content (AvgIpc) is 3.50. The highest BCUT2D eigenvalue weighted by Crippen LogP contribution is 2.44. The molecular weight excluding hydrogens is 687 g/mol. The molecule has 3 fully saturated rings. The van der Waals surface area contributed by atoms with E-state index in [0.717, 1.165) is 85.5 Å². The van der Waals surface area contributed by atoms with Crippen LogP contribution in [0.5, 0.6) is 11.8 Å². The van der Waals surface area contributed by atoms with Gasteiger partial charge in [-0.3, -0.25) is 19.5 Å². The molecule has 0 radical (unpaired) electrons. The van der Waals surface area contributed by atoms with Crippen molar-refractivity contribution in [3.63, 3.8) is 0 Å². The van der Waals surface area contributed by atoms with Gasteiger partial charge in [0.1, 0.15) is 5.69 Å². The van der Waals surface area contributed by atoms with Crippen LogP contribution in [0.4, 0.5) is 0 Å². The minimum absolute atomic E-state index is 0.125. The van der Waals surface area contributed by atoms with Gasteiger partial charge < -0.3 is 19.7 Å². The molecule has 3 aliphatic rings. The topological polar surface area (TPSA) is 110 Å². The molecule has 5 heterocycles. The molecule has 0 unspecified atom stereocenters. The lowest BCUT2D eigenvalue weighted by Crippen LogP contribution is -2.72. The fraction of sp³-hybridized carbons (Fsp3) is 0.410. The second kappa shape index (κ2) is 14.4. The molecule has 7 rings (SSSR count). The zero-order valence-electron chi connectivity index (χ0n) is 29.4. The molecule has 266 valence electrons. The number of carbonyl (C=O) groups is 2. The van der Waals surface area contributed by atoms with Gasteiger partial charge in [-0.2, -0.15) is 0 Å². The van der Waals surface area contributed by atoms with Crippen LogP contribution in [0.2, 0.25) is 10.0 Å². The Morgan fingerprint density at radius 3 is 2.18 bits per heavy atom. The fourth-order valence-corrected chi connectivity index (χ4v) is 8.39. The van der Waals surface area contributed by atoms with Gasteiger partial charge in [0.05, 0.1) is 41.8 Å². The lowest BCUT2D eigenvalue weighted by molar-refractivity contribution is -0.157. The number of methoxy groups -OCH3 is 2. The minimum Gasteiger partial charge on any atom is -0.481 e. The lowest BCUT2D eigenvalue weighted by Gasteiger charge is -2.60. The van der Waals surface area contributed by atoms with E-state index in [-0.39, 0.29) is 23.3 Å². The third kappa shape index (κ3) is 7.01. The van der Waals surface area contributed by atoms with Gasteiger partial charge in [-0.1, -0.05) is 59.6 Å². The number of hydrogen-bond acceptors (Lipinski definition) is 8. The third-order valence-corrected chi connectivity index (χ3v) is 11.2. The number of hydrogen-bond donors (Lipinski definition) is 1. The maximum atomic E-state index is 11.7. The minimum atomic E-state index is 0.125. The largest absolute Gasteiger partial charge is 0.481 e. The number of likely N-dealkylation sites (tertiary alicyclic amines) is 2. The van der Waals surface area contributed by atoms with Crippen molar-refractivity contribution < 1.29 is 19.1 Å². The Labute approximate surface area is 308 Å². The van der Waals surface area contributed by atoms with Gasteiger partial charge in [-0.15, -0.1) is 0 Å².